The van der Waals surface area contributed by atoms with Gasteiger partial charge in [-0.1, -0.05) is 91.0 Å². The molecule has 0 bridgehead atoms. The van der Waals surface area contributed by atoms with E-state index in [1.54, 1.807) is 0 Å². The lowest BCUT2D eigenvalue weighted by Crippen LogP contribution is -2.34. The summed E-state index contributed by atoms with van der Waals surface area (Å²) in [5.74, 6) is 0.399. The standard InChI is InChI=1S/C25H26O2/c26-24-17-16-20(18-24)19-27-25(21-10-4-1-5-11-21,22-12-6-2-7-13-22)23-14-8-3-9-15-23/h1-15,20,24,26H,16-19H2/t20-,24-/m1/s1. The van der Waals surface area contributed by atoms with Crippen LogP contribution in [0.2, 0.25) is 0 Å². The van der Waals surface area contributed by atoms with Crippen LogP contribution in [-0.4, -0.2) is 17.8 Å². The number of rotatable bonds is 6. The average molecular weight is 358 g/mol. The fraction of sp³-hybridized carbons (Fsp3) is 0.280. The highest BCUT2D eigenvalue weighted by atomic mass is 16.5. The highest BCUT2D eigenvalue weighted by molar-refractivity contribution is 5.47. The number of hydrogen-bond acceptors (Lipinski definition) is 2. The molecule has 2 atom stereocenters. The maximum absolute atomic E-state index is 9.92. The number of benzene rings is 3. The van der Waals surface area contributed by atoms with Gasteiger partial charge >= 0.3 is 0 Å². The Bertz CT molecular complexity index is 733. The molecule has 0 saturated heterocycles. The molecule has 1 N–H and O–H groups in total. The van der Waals surface area contributed by atoms with Gasteiger partial charge in [-0.3, -0.25) is 0 Å². The van der Waals surface area contributed by atoms with Crippen LogP contribution in [0.1, 0.15) is 36.0 Å². The Balaban J connectivity index is 1.81. The molecule has 1 aliphatic carbocycles. The van der Waals surface area contributed by atoms with Crippen molar-refractivity contribution in [1.29, 1.82) is 0 Å². The average Bonchev–Trinajstić information content (AvgIpc) is 3.16. The quantitative estimate of drug-likeness (QED) is 0.617. The molecule has 2 nitrogen and oxygen atoms in total. The molecule has 138 valence electrons. The van der Waals surface area contributed by atoms with Gasteiger partial charge < -0.3 is 9.84 Å². The normalized spacial score (nSPS) is 19.9. The number of aliphatic hydroxyl groups is 1. The fourth-order valence-corrected chi connectivity index (χ4v) is 4.21. The van der Waals surface area contributed by atoms with E-state index in [1.807, 2.05) is 18.2 Å². The Morgan fingerprint density at radius 1 is 0.704 bits per heavy atom. The van der Waals surface area contributed by atoms with Crippen LogP contribution in [0, 0.1) is 5.92 Å². The Morgan fingerprint density at radius 2 is 1.15 bits per heavy atom. The third kappa shape index (κ3) is 3.69. The minimum absolute atomic E-state index is 0.182. The molecule has 1 saturated carbocycles. The van der Waals surface area contributed by atoms with Crippen LogP contribution in [-0.2, 0) is 10.3 Å². The van der Waals surface area contributed by atoms with E-state index >= 15 is 0 Å². The SMILES string of the molecule is O[C@@H]1CC[C@@H](COC(c2ccccc2)(c2ccccc2)c2ccccc2)C1. The molecule has 0 unspecified atom stereocenters. The summed E-state index contributed by atoms with van der Waals surface area (Å²) in [6.07, 6.45) is 2.55. The van der Waals surface area contributed by atoms with Crippen LogP contribution in [0.15, 0.2) is 91.0 Å². The molecule has 1 fully saturated rings. The number of ether oxygens (including phenoxy) is 1. The highest BCUT2D eigenvalue weighted by Crippen LogP contribution is 2.41. The van der Waals surface area contributed by atoms with E-state index in [0.717, 1.165) is 36.0 Å². The van der Waals surface area contributed by atoms with Gasteiger partial charge in [0.2, 0.25) is 0 Å². The first-order valence-electron chi connectivity index (χ1n) is 9.77. The topological polar surface area (TPSA) is 29.5 Å². The molecule has 2 heteroatoms. The molecular formula is C25H26O2. The summed E-state index contributed by atoms with van der Waals surface area (Å²) in [5, 5.41) is 9.92. The predicted octanol–water partition coefficient (Wildman–Crippen LogP) is 5.16. The molecule has 0 aliphatic heterocycles. The second kappa shape index (κ2) is 8.08. The van der Waals surface area contributed by atoms with Gasteiger partial charge in [0.15, 0.2) is 0 Å². The fourth-order valence-electron chi connectivity index (χ4n) is 4.21. The second-order valence-corrected chi connectivity index (χ2v) is 7.42. The van der Waals surface area contributed by atoms with Crippen LogP contribution in [0.4, 0.5) is 0 Å². The lowest BCUT2D eigenvalue weighted by molar-refractivity contribution is -0.00910. The smallest absolute Gasteiger partial charge is 0.143 e. The zero-order valence-corrected chi connectivity index (χ0v) is 15.5. The lowest BCUT2D eigenvalue weighted by Gasteiger charge is -2.36. The van der Waals surface area contributed by atoms with Crippen molar-refractivity contribution < 1.29 is 9.84 Å². The van der Waals surface area contributed by atoms with Crippen molar-refractivity contribution in [3.8, 4) is 0 Å². The molecule has 0 spiro atoms. The van der Waals surface area contributed by atoms with Crippen LogP contribution in [0.3, 0.4) is 0 Å². The van der Waals surface area contributed by atoms with Gasteiger partial charge in [0.05, 0.1) is 12.7 Å². The van der Waals surface area contributed by atoms with E-state index in [2.05, 4.69) is 72.8 Å². The number of aliphatic hydroxyl groups excluding tert-OH is 1. The zero-order chi connectivity index (χ0) is 18.5. The van der Waals surface area contributed by atoms with E-state index in [0.29, 0.717) is 12.5 Å². The largest absolute Gasteiger partial charge is 0.393 e. The van der Waals surface area contributed by atoms with E-state index in [9.17, 15) is 5.11 Å². The van der Waals surface area contributed by atoms with E-state index in [4.69, 9.17) is 4.74 Å². The molecule has 1 aliphatic rings. The van der Waals surface area contributed by atoms with Gasteiger partial charge in [-0.25, -0.2) is 0 Å². The Morgan fingerprint density at radius 3 is 1.52 bits per heavy atom. The van der Waals surface area contributed by atoms with Crippen molar-refractivity contribution in [3.63, 3.8) is 0 Å². The Kier molecular flexibility index (Phi) is 5.38. The van der Waals surface area contributed by atoms with Crippen molar-refractivity contribution in [1.82, 2.24) is 0 Å². The van der Waals surface area contributed by atoms with Crippen LogP contribution in [0.5, 0.6) is 0 Å². The van der Waals surface area contributed by atoms with Gasteiger partial charge in [-0.05, 0) is 41.9 Å². The maximum Gasteiger partial charge on any atom is 0.143 e. The highest BCUT2D eigenvalue weighted by Gasteiger charge is 2.38. The van der Waals surface area contributed by atoms with Crippen LogP contribution < -0.4 is 0 Å². The molecular weight excluding hydrogens is 332 g/mol. The van der Waals surface area contributed by atoms with E-state index < -0.39 is 5.60 Å². The summed E-state index contributed by atoms with van der Waals surface area (Å²) in [6, 6.07) is 31.4. The first-order chi connectivity index (χ1) is 13.3. The molecule has 0 aromatic heterocycles. The zero-order valence-electron chi connectivity index (χ0n) is 15.5. The minimum atomic E-state index is -0.655. The monoisotopic (exact) mass is 358 g/mol. The molecule has 0 amide bonds. The molecule has 0 heterocycles. The van der Waals surface area contributed by atoms with E-state index in [-0.39, 0.29) is 6.10 Å². The summed E-state index contributed by atoms with van der Waals surface area (Å²) in [4.78, 5) is 0. The Labute approximate surface area is 161 Å². The van der Waals surface area contributed by atoms with E-state index in [1.165, 1.54) is 0 Å². The third-order valence-electron chi connectivity index (χ3n) is 5.59. The summed E-state index contributed by atoms with van der Waals surface area (Å²) in [6.45, 7) is 0.635. The predicted molar refractivity (Wildman–Crippen MR) is 109 cm³/mol. The van der Waals surface area contributed by atoms with Crippen molar-refractivity contribution in [3.05, 3.63) is 108 Å². The molecule has 3 aromatic rings. The van der Waals surface area contributed by atoms with Crippen molar-refractivity contribution in [2.75, 3.05) is 6.61 Å². The van der Waals surface area contributed by atoms with Crippen molar-refractivity contribution in [2.45, 2.75) is 31.0 Å². The summed E-state index contributed by atoms with van der Waals surface area (Å²) >= 11 is 0. The minimum Gasteiger partial charge on any atom is -0.393 e. The third-order valence-corrected chi connectivity index (χ3v) is 5.59. The first kappa shape index (κ1) is 18.0. The number of hydrogen-bond donors (Lipinski definition) is 1. The van der Waals surface area contributed by atoms with Crippen LogP contribution in [0.25, 0.3) is 0 Å². The maximum atomic E-state index is 9.92. The van der Waals surface area contributed by atoms with Gasteiger partial charge in [0, 0.05) is 0 Å². The Hall–Kier alpha value is -2.42. The summed E-state index contributed by atoms with van der Waals surface area (Å²) < 4.78 is 6.81. The van der Waals surface area contributed by atoms with Crippen molar-refractivity contribution >= 4 is 0 Å². The first-order valence-corrected chi connectivity index (χ1v) is 9.77. The van der Waals surface area contributed by atoms with Gasteiger partial charge in [0.1, 0.15) is 5.60 Å². The molecule has 0 radical (unpaired) electrons. The van der Waals surface area contributed by atoms with Crippen molar-refractivity contribution in [2.24, 2.45) is 5.92 Å². The van der Waals surface area contributed by atoms with Gasteiger partial charge in [-0.15, -0.1) is 0 Å². The van der Waals surface area contributed by atoms with Crippen LogP contribution >= 0.6 is 0 Å². The second-order valence-electron chi connectivity index (χ2n) is 7.42. The molecule has 4 rings (SSSR count). The lowest BCUT2D eigenvalue weighted by atomic mass is 9.80. The molecule has 27 heavy (non-hydrogen) atoms. The summed E-state index contributed by atoms with van der Waals surface area (Å²) in [5.41, 5.74) is 2.72. The summed E-state index contributed by atoms with van der Waals surface area (Å²) in [7, 11) is 0. The van der Waals surface area contributed by atoms with Gasteiger partial charge in [0.25, 0.3) is 0 Å². The van der Waals surface area contributed by atoms with Gasteiger partial charge in [-0.2, -0.15) is 0 Å². The molecule has 3 aromatic carbocycles.